The van der Waals surface area contributed by atoms with Crippen molar-refractivity contribution in [2.45, 2.75) is 49.1 Å². The highest BCUT2D eigenvalue weighted by molar-refractivity contribution is 8.03. The van der Waals surface area contributed by atoms with E-state index in [-0.39, 0.29) is 11.3 Å². The molecule has 154 valence electrons. The highest BCUT2D eigenvalue weighted by Gasteiger charge is 2.43. The van der Waals surface area contributed by atoms with Crippen LogP contribution in [0.3, 0.4) is 0 Å². The van der Waals surface area contributed by atoms with Gasteiger partial charge in [0.2, 0.25) is 0 Å². The van der Waals surface area contributed by atoms with E-state index in [2.05, 4.69) is 4.18 Å². The van der Waals surface area contributed by atoms with Crippen molar-refractivity contribution in [2.75, 3.05) is 18.6 Å². The molecule has 1 aliphatic heterocycles. The Kier molecular flexibility index (Phi) is 9.99. The third-order valence-electron chi connectivity index (χ3n) is 3.52. The molecule has 0 radical (unpaired) electrons. The van der Waals surface area contributed by atoms with E-state index in [0.717, 1.165) is 18.0 Å². The van der Waals surface area contributed by atoms with Crippen LogP contribution in [0.5, 0.6) is 0 Å². The van der Waals surface area contributed by atoms with Crippen LogP contribution in [0.4, 0.5) is 0 Å². The van der Waals surface area contributed by atoms with Crippen molar-refractivity contribution in [3.8, 4) is 0 Å². The number of rotatable bonds is 10. The fourth-order valence-electron chi connectivity index (χ4n) is 2.18. The second-order valence-corrected chi connectivity index (χ2v) is 9.43. The summed E-state index contributed by atoms with van der Waals surface area (Å²) in [6, 6.07) is 0. The summed E-state index contributed by atoms with van der Waals surface area (Å²) in [4.78, 5) is 0.232. The number of thioether (sulfide) groups is 1. The zero-order valence-electron chi connectivity index (χ0n) is 14.0. The molecular formula is C13H23O10S3-. The quantitative estimate of drug-likeness (QED) is 0.134. The molecule has 1 aliphatic rings. The lowest BCUT2D eigenvalue weighted by atomic mass is 10.0. The van der Waals surface area contributed by atoms with Gasteiger partial charge in [0.25, 0.3) is 10.4 Å². The van der Waals surface area contributed by atoms with Gasteiger partial charge in [-0.2, -0.15) is 0 Å². The molecule has 10 nitrogen and oxygen atoms in total. The maximum Gasteiger partial charge on any atom is 0.262 e. The average Bonchev–Trinajstić information content (AvgIpc) is 2.55. The lowest BCUT2D eigenvalue weighted by Gasteiger charge is -2.39. The largest absolute Gasteiger partial charge is 0.716 e. The minimum absolute atomic E-state index is 0.232. The van der Waals surface area contributed by atoms with Crippen LogP contribution in [0.2, 0.25) is 0 Å². The summed E-state index contributed by atoms with van der Waals surface area (Å²) in [5, 5.41) is 38.7. The van der Waals surface area contributed by atoms with Crippen LogP contribution < -0.4 is 0 Å². The third-order valence-corrected chi connectivity index (χ3v) is 5.94. The molecule has 6 atom stereocenters. The predicted octanol–water partition coefficient (Wildman–Crippen LogP) is -1.61. The van der Waals surface area contributed by atoms with Gasteiger partial charge in [-0.25, -0.2) is 8.42 Å². The summed E-state index contributed by atoms with van der Waals surface area (Å²) in [6.45, 7) is -0.602. The number of aliphatic hydroxyl groups excluding tert-OH is 4. The molecule has 1 rings (SSSR count). The molecular weight excluding hydrogens is 412 g/mol. The summed E-state index contributed by atoms with van der Waals surface area (Å²) >= 11 is 0.801. The summed E-state index contributed by atoms with van der Waals surface area (Å²) in [5.41, 5.74) is -1.13. The first kappa shape index (κ1) is 23.8. The van der Waals surface area contributed by atoms with Crippen molar-refractivity contribution in [1.29, 1.82) is 0 Å². The summed E-state index contributed by atoms with van der Waals surface area (Å²) in [5.74, 6) is 0.443. The van der Waals surface area contributed by atoms with Gasteiger partial charge in [-0.3, -0.25) is 4.21 Å². The predicted molar refractivity (Wildman–Crippen MR) is 93.0 cm³/mol. The molecule has 1 fully saturated rings. The van der Waals surface area contributed by atoms with Crippen molar-refractivity contribution in [1.82, 2.24) is 0 Å². The van der Waals surface area contributed by atoms with Gasteiger partial charge in [-0.1, -0.05) is 11.8 Å². The number of ether oxygens (including phenoxy) is 1. The zero-order chi connectivity index (χ0) is 19.9. The van der Waals surface area contributed by atoms with Crippen molar-refractivity contribution in [3.05, 3.63) is 11.2 Å². The van der Waals surface area contributed by atoms with Gasteiger partial charge in [0.05, 0.1) is 6.61 Å². The molecule has 0 aromatic carbocycles. The van der Waals surface area contributed by atoms with Crippen LogP contribution in [0.25, 0.3) is 0 Å². The summed E-state index contributed by atoms with van der Waals surface area (Å²) in [7, 11) is -5.96. The van der Waals surface area contributed by atoms with E-state index >= 15 is 0 Å². The van der Waals surface area contributed by atoms with E-state index in [1.807, 2.05) is 0 Å². The minimum Gasteiger partial charge on any atom is -0.716 e. The molecule has 1 saturated heterocycles. The van der Waals surface area contributed by atoms with E-state index in [9.17, 15) is 37.6 Å². The Morgan fingerprint density at radius 3 is 2.46 bits per heavy atom. The Labute approximate surface area is 158 Å². The topological polar surface area (TPSA) is 174 Å². The minimum atomic E-state index is -4.97. The number of allylic oxidation sites excluding steroid dienone is 1. The van der Waals surface area contributed by atoms with Crippen molar-refractivity contribution in [2.24, 2.45) is 0 Å². The van der Waals surface area contributed by atoms with Gasteiger partial charge in [0.1, 0.15) is 36.1 Å². The second kappa shape index (κ2) is 10.9. The van der Waals surface area contributed by atoms with E-state index in [1.165, 1.54) is 0 Å². The molecule has 0 bridgehead atoms. The number of aliphatic hydroxyl groups is 4. The van der Waals surface area contributed by atoms with Crippen LogP contribution in [0.15, 0.2) is 11.2 Å². The maximum absolute atomic E-state index is 11.1. The monoisotopic (exact) mass is 435 g/mol. The van der Waals surface area contributed by atoms with Crippen LogP contribution in [-0.4, -0.2) is 86.1 Å². The van der Waals surface area contributed by atoms with E-state index in [1.54, 1.807) is 6.26 Å². The number of hydrogen-bond donors (Lipinski definition) is 4. The van der Waals surface area contributed by atoms with Gasteiger partial charge in [0.15, 0.2) is 0 Å². The molecule has 1 heterocycles. The average molecular weight is 436 g/mol. The standard InChI is InChI=1S/C13H24O10S3/c1-25(18)5-3-2-4-8(7-22-26(19,20)21)24-13-12(17)11(16)10(15)9(6-14)23-13/h7,9-17H,2-6H2,1H3,(H,19,20,21)/p-1/b8-7+/t9-,10-,11+,12-,13+,25?/m1/s1. The molecule has 0 spiro atoms. The van der Waals surface area contributed by atoms with E-state index in [4.69, 9.17) is 4.74 Å². The Balaban J connectivity index is 2.80. The molecule has 1 unspecified atom stereocenters. The van der Waals surface area contributed by atoms with Gasteiger partial charge in [-0.15, -0.1) is 0 Å². The van der Waals surface area contributed by atoms with Crippen molar-refractivity contribution >= 4 is 33.0 Å². The Morgan fingerprint density at radius 2 is 1.92 bits per heavy atom. The maximum atomic E-state index is 11.1. The molecule has 0 amide bonds. The molecule has 0 saturated carbocycles. The SMILES string of the molecule is CS(=O)CCCC/C(=C\OS(=O)(=O)[O-])S[C@@H]1O[C@H](CO)[C@@H](O)[C@H](O)[C@H]1O. The Morgan fingerprint density at radius 1 is 1.27 bits per heavy atom. The molecule has 0 aromatic heterocycles. The second-order valence-electron chi connectivity index (χ2n) is 5.64. The molecule has 0 aromatic rings. The fraction of sp³-hybridized carbons (Fsp3) is 0.846. The molecule has 4 N–H and O–H groups in total. The Hall–Kier alpha value is -0.250. The van der Waals surface area contributed by atoms with Crippen LogP contribution >= 0.6 is 11.8 Å². The van der Waals surface area contributed by atoms with Crippen molar-refractivity contribution in [3.63, 3.8) is 0 Å². The zero-order valence-corrected chi connectivity index (χ0v) is 16.4. The lowest BCUT2D eigenvalue weighted by molar-refractivity contribution is -0.205. The molecule has 0 aliphatic carbocycles. The highest BCUT2D eigenvalue weighted by Crippen LogP contribution is 2.35. The molecule has 13 heteroatoms. The van der Waals surface area contributed by atoms with Crippen LogP contribution in [-0.2, 0) is 30.1 Å². The van der Waals surface area contributed by atoms with Crippen molar-refractivity contribution < 1.29 is 46.5 Å². The lowest BCUT2D eigenvalue weighted by Crippen LogP contribution is -2.57. The van der Waals surface area contributed by atoms with Gasteiger partial charge in [0, 0.05) is 27.7 Å². The summed E-state index contributed by atoms with van der Waals surface area (Å²) < 4.78 is 52.4. The molecule has 26 heavy (non-hydrogen) atoms. The normalized spacial score (nSPS) is 31.6. The number of unbranched alkanes of at least 4 members (excludes halogenated alkanes) is 1. The van der Waals surface area contributed by atoms with E-state index < -0.39 is 57.7 Å². The van der Waals surface area contributed by atoms with Gasteiger partial charge >= 0.3 is 0 Å². The fourth-order valence-corrected chi connectivity index (χ4v) is 4.25. The third kappa shape index (κ3) is 8.19. The number of hydrogen-bond acceptors (Lipinski definition) is 11. The Bertz CT molecular complexity index is 591. The first-order valence-electron chi connectivity index (χ1n) is 7.65. The van der Waals surface area contributed by atoms with Crippen LogP contribution in [0, 0.1) is 0 Å². The van der Waals surface area contributed by atoms with Gasteiger partial charge < -0.3 is 33.9 Å². The summed E-state index contributed by atoms with van der Waals surface area (Å²) in [6.07, 6.45) is -2.15. The smallest absolute Gasteiger partial charge is 0.262 e. The van der Waals surface area contributed by atoms with E-state index in [0.29, 0.717) is 18.6 Å². The first-order valence-corrected chi connectivity index (χ1v) is 11.6. The first-order chi connectivity index (χ1) is 12.0. The highest BCUT2D eigenvalue weighted by atomic mass is 32.3. The van der Waals surface area contributed by atoms with Gasteiger partial charge in [-0.05, 0) is 19.3 Å². The van der Waals surface area contributed by atoms with Crippen LogP contribution in [0.1, 0.15) is 19.3 Å².